The average Bonchev–Trinajstić information content (AvgIpc) is 3.18. The van der Waals surface area contributed by atoms with Gasteiger partial charge in [-0.3, -0.25) is 9.59 Å². The number of amidine groups is 1. The minimum atomic E-state index is -0.660. The average molecular weight is 484 g/mol. The second kappa shape index (κ2) is 10.5. The number of aromatic hydroxyl groups is 3. The maximum atomic E-state index is 12.4. The molecule has 2 amide bonds. The van der Waals surface area contributed by atoms with Crippen LogP contribution in [0.4, 0.5) is 11.4 Å². The number of benzene rings is 2. The summed E-state index contributed by atoms with van der Waals surface area (Å²) in [6.07, 6.45) is 4.79. The van der Waals surface area contributed by atoms with Gasteiger partial charge in [-0.1, -0.05) is 11.8 Å². The standard InChI is InChI=1S/C23H25N5O5S/c29-17-9-4-14(20(31)21(17)32)13-24-27-23-26-22(33)18(34-23)12-19(30)25-15-5-7-16(8-6-15)28-10-2-1-3-11-28/h4-9,13,18,29,31-32H,1-3,10-12H2,(H,25,30)(H,26,27,33)/b24-13+. The van der Waals surface area contributed by atoms with Gasteiger partial charge in [0.05, 0.1) is 6.21 Å². The summed E-state index contributed by atoms with van der Waals surface area (Å²) in [6.45, 7) is 2.10. The number of nitrogens with zero attached hydrogens (tertiary/aromatic N) is 3. The van der Waals surface area contributed by atoms with Crippen LogP contribution in [0.2, 0.25) is 0 Å². The van der Waals surface area contributed by atoms with Crippen molar-refractivity contribution in [2.45, 2.75) is 30.9 Å². The number of rotatable bonds is 6. The minimum absolute atomic E-state index is 0.0280. The van der Waals surface area contributed by atoms with Crippen LogP contribution in [0.3, 0.4) is 0 Å². The maximum Gasteiger partial charge on any atom is 0.240 e. The van der Waals surface area contributed by atoms with Gasteiger partial charge in [-0.15, -0.1) is 5.10 Å². The zero-order valence-electron chi connectivity index (χ0n) is 18.3. The van der Waals surface area contributed by atoms with E-state index in [2.05, 4.69) is 25.7 Å². The lowest BCUT2D eigenvalue weighted by Gasteiger charge is -2.28. The molecule has 5 N–H and O–H groups in total. The molecule has 2 aromatic rings. The van der Waals surface area contributed by atoms with Gasteiger partial charge in [0.1, 0.15) is 5.25 Å². The molecule has 2 fully saturated rings. The number of piperidine rings is 1. The lowest BCUT2D eigenvalue weighted by atomic mass is 10.1. The second-order valence-electron chi connectivity index (χ2n) is 7.96. The smallest absolute Gasteiger partial charge is 0.240 e. The van der Waals surface area contributed by atoms with E-state index in [0.717, 1.165) is 30.5 Å². The fourth-order valence-corrected chi connectivity index (χ4v) is 4.63. The number of nitrogens with one attached hydrogen (secondary N) is 2. The van der Waals surface area contributed by atoms with Gasteiger partial charge in [-0.25, -0.2) is 0 Å². The summed E-state index contributed by atoms with van der Waals surface area (Å²) in [6, 6.07) is 10.3. The molecule has 11 heteroatoms. The van der Waals surface area contributed by atoms with E-state index in [9.17, 15) is 24.9 Å². The number of carbonyl (C=O) groups excluding carboxylic acids is 2. The number of thioether (sulfide) groups is 1. The van der Waals surface area contributed by atoms with E-state index in [1.54, 1.807) is 0 Å². The number of phenolic OH excluding ortho intramolecular Hbond substituents is 3. The molecular weight excluding hydrogens is 458 g/mol. The summed E-state index contributed by atoms with van der Waals surface area (Å²) in [5, 5.41) is 41.3. The fourth-order valence-electron chi connectivity index (χ4n) is 3.71. The van der Waals surface area contributed by atoms with Crippen LogP contribution in [0.1, 0.15) is 31.2 Å². The molecule has 0 spiro atoms. The Morgan fingerprint density at radius 1 is 1.09 bits per heavy atom. The molecular formula is C23H25N5O5S. The van der Waals surface area contributed by atoms with Gasteiger partial charge in [0.2, 0.25) is 17.6 Å². The van der Waals surface area contributed by atoms with Crippen molar-refractivity contribution in [3.05, 3.63) is 42.0 Å². The predicted octanol–water partition coefficient (Wildman–Crippen LogP) is 2.74. The third-order valence-corrected chi connectivity index (χ3v) is 6.60. The first-order valence-corrected chi connectivity index (χ1v) is 11.8. The molecule has 2 aromatic carbocycles. The summed E-state index contributed by atoms with van der Waals surface area (Å²) in [4.78, 5) is 27.0. The molecule has 0 bridgehead atoms. The first-order valence-electron chi connectivity index (χ1n) is 10.9. The van der Waals surface area contributed by atoms with Crippen LogP contribution in [0.15, 0.2) is 46.6 Å². The molecule has 1 atom stereocenters. The second-order valence-corrected chi connectivity index (χ2v) is 9.15. The molecule has 4 rings (SSSR count). The van der Waals surface area contributed by atoms with Crippen LogP contribution in [-0.4, -0.2) is 56.9 Å². The highest BCUT2D eigenvalue weighted by atomic mass is 32.2. The Bertz CT molecular complexity index is 1130. The van der Waals surface area contributed by atoms with Crippen molar-refractivity contribution in [1.29, 1.82) is 0 Å². The first-order chi connectivity index (χ1) is 16.4. The van der Waals surface area contributed by atoms with E-state index in [1.807, 2.05) is 24.3 Å². The van der Waals surface area contributed by atoms with Gasteiger partial charge in [0.15, 0.2) is 16.7 Å². The summed E-state index contributed by atoms with van der Waals surface area (Å²) in [7, 11) is 0. The van der Waals surface area contributed by atoms with Crippen LogP contribution in [0.25, 0.3) is 0 Å². The Balaban J connectivity index is 1.30. The van der Waals surface area contributed by atoms with E-state index in [0.29, 0.717) is 5.69 Å². The van der Waals surface area contributed by atoms with Gasteiger partial charge in [-0.2, -0.15) is 5.10 Å². The summed E-state index contributed by atoms with van der Waals surface area (Å²) in [5.74, 6) is -2.29. The summed E-state index contributed by atoms with van der Waals surface area (Å²) >= 11 is 1.08. The van der Waals surface area contributed by atoms with Crippen LogP contribution >= 0.6 is 11.8 Å². The van der Waals surface area contributed by atoms with Crippen molar-refractivity contribution in [1.82, 2.24) is 5.32 Å². The first kappa shape index (κ1) is 23.4. The lowest BCUT2D eigenvalue weighted by molar-refractivity contribution is -0.122. The molecule has 10 nitrogen and oxygen atoms in total. The summed E-state index contributed by atoms with van der Waals surface area (Å²) < 4.78 is 0. The van der Waals surface area contributed by atoms with E-state index >= 15 is 0 Å². The van der Waals surface area contributed by atoms with Crippen molar-refractivity contribution in [2.75, 3.05) is 23.3 Å². The molecule has 0 aromatic heterocycles. The predicted molar refractivity (Wildman–Crippen MR) is 132 cm³/mol. The molecule has 2 aliphatic rings. The molecule has 0 aliphatic carbocycles. The van der Waals surface area contributed by atoms with Crippen molar-refractivity contribution >= 4 is 46.3 Å². The Labute approximate surface area is 200 Å². The lowest BCUT2D eigenvalue weighted by Crippen LogP contribution is -2.29. The molecule has 2 aliphatic heterocycles. The quantitative estimate of drug-likeness (QED) is 0.241. The van der Waals surface area contributed by atoms with E-state index in [-0.39, 0.29) is 29.0 Å². The zero-order chi connectivity index (χ0) is 24.1. The monoisotopic (exact) mass is 483 g/mol. The van der Waals surface area contributed by atoms with Gasteiger partial charge in [-0.05, 0) is 55.7 Å². The van der Waals surface area contributed by atoms with Crippen LogP contribution in [0, 0.1) is 0 Å². The number of hydrogen-bond acceptors (Lipinski definition) is 9. The maximum absolute atomic E-state index is 12.4. The Kier molecular flexibility index (Phi) is 7.21. The summed E-state index contributed by atoms with van der Waals surface area (Å²) in [5.41, 5.74) is 1.95. The minimum Gasteiger partial charge on any atom is -0.504 e. The van der Waals surface area contributed by atoms with Crippen molar-refractivity contribution in [3.63, 3.8) is 0 Å². The largest absolute Gasteiger partial charge is 0.504 e. The van der Waals surface area contributed by atoms with E-state index in [4.69, 9.17) is 0 Å². The Morgan fingerprint density at radius 2 is 1.82 bits per heavy atom. The SMILES string of the molecule is O=C(CC1S/C(=N/N=C/c2ccc(O)c(O)c2O)NC1=O)Nc1ccc(N2CCCCC2)cc1. The highest BCUT2D eigenvalue weighted by molar-refractivity contribution is 8.15. The molecule has 2 saturated heterocycles. The van der Waals surface area contributed by atoms with Gasteiger partial charge in [0.25, 0.3) is 0 Å². The van der Waals surface area contributed by atoms with Gasteiger partial charge in [0, 0.05) is 36.4 Å². The number of hydrogen-bond donors (Lipinski definition) is 5. The highest BCUT2D eigenvalue weighted by Gasteiger charge is 2.32. The van der Waals surface area contributed by atoms with Crippen LogP contribution in [0.5, 0.6) is 17.2 Å². The van der Waals surface area contributed by atoms with Crippen LogP contribution in [-0.2, 0) is 9.59 Å². The molecule has 1 unspecified atom stereocenters. The van der Waals surface area contributed by atoms with E-state index in [1.165, 1.54) is 37.6 Å². The Hall–Kier alpha value is -3.73. The van der Waals surface area contributed by atoms with Crippen molar-refractivity contribution in [2.24, 2.45) is 10.2 Å². The third-order valence-electron chi connectivity index (χ3n) is 5.53. The zero-order valence-corrected chi connectivity index (χ0v) is 19.1. The molecule has 2 heterocycles. The fraction of sp³-hybridized carbons (Fsp3) is 0.304. The van der Waals surface area contributed by atoms with Crippen molar-refractivity contribution < 1.29 is 24.9 Å². The number of amides is 2. The molecule has 0 saturated carbocycles. The molecule has 0 radical (unpaired) electrons. The normalized spacial score (nSPS) is 19.5. The van der Waals surface area contributed by atoms with Crippen LogP contribution < -0.4 is 15.5 Å². The van der Waals surface area contributed by atoms with Gasteiger partial charge >= 0.3 is 0 Å². The topological polar surface area (TPSA) is 147 Å². The third kappa shape index (κ3) is 5.60. The highest BCUT2D eigenvalue weighted by Crippen LogP contribution is 2.36. The Morgan fingerprint density at radius 3 is 2.56 bits per heavy atom. The number of phenols is 3. The van der Waals surface area contributed by atoms with Gasteiger partial charge < -0.3 is 30.9 Å². The number of carbonyl (C=O) groups is 2. The molecule has 34 heavy (non-hydrogen) atoms. The van der Waals surface area contributed by atoms with E-state index < -0.39 is 22.5 Å². The van der Waals surface area contributed by atoms with Crippen molar-refractivity contribution in [3.8, 4) is 17.2 Å². The number of anilines is 2. The molecule has 178 valence electrons.